The van der Waals surface area contributed by atoms with Gasteiger partial charge in [-0.3, -0.25) is 5.41 Å². The molecule has 0 amide bonds. The standard InChI is InChI=1S/C86H99Cl4N11O24/c1-38(2)24-54(92-5)78(111)98-69-71(106)43-15-20-58(52(89)26-43)121-60-28-45-29-61(75(60)125-85-76(74(109)73(108)62(123-85)36-101(8,9)23-22-100(6)7)124-64-34-86(4,77(110)39(3)120-64)93-35-40-10-12-41(13-11-40)37-119-47-17-18-50(87)51(88)32-47)122-59-21-16-44(27-53(59)90)72(107)70-83(116)97-68(84(117)118)49-30-46(102)31-57(104)65(49)48-25-42(14-19-56(48)103)66(80(113)99-70)96-81(114)67(45)95-79(112)55(33-63(91)105)94-82(69)115/h10-21,25-32,38-39,54-55,62,64,66-74,76-77,85,92-93,106-110H,22-24,33-37H2,1-9H3,(H11-,91,94,95,96,97,98,99,102,103,104,105,111,112,113,114,115,116,117,118)/p+1/t39-,54+,55-,62+,64?,66+,67+,68-,69+,70-,71+,72+,73+,74-,76+,77+,85-,86-/m0/s1. The second-order valence-electron chi connectivity index (χ2n) is 32.8. The van der Waals surface area contributed by atoms with Gasteiger partial charge in [0, 0.05) is 53.9 Å². The first kappa shape index (κ1) is 93.7. The van der Waals surface area contributed by atoms with Crippen LogP contribution in [0.1, 0.15) is 116 Å². The van der Waals surface area contributed by atoms with Gasteiger partial charge in [0.25, 0.3) is 0 Å². The van der Waals surface area contributed by atoms with E-state index in [9.17, 15) is 86.5 Å². The van der Waals surface area contributed by atoms with Crippen LogP contribution in [-0.2, 0) is 32.2 Å². The summed E-state index contributed by atoms with van der Waals surface area (Å²) in [6.45, 7) is 8.47. The van der Waals surface area contributed by atoms with Crippen molar-refractivity contribution in [2.24, 2.45) is 35.9 Å². The first-order valence-electron chi connectivity index (χ1n) is 39.8. The predicted molar refractivity (Wildman–Crippen MR) is 465 cm³/mol. The van der Waals surface area contributed by atoms with E-state index in [2.05, 4.69) is 40.6 Å². The molecule has 19 N–H and O–H groups in total. The van der Waals surface area contributed by atoms with Gasteiger partial charge < -0.3 is 135 Å². The number of carbonyl (C=O) groups is 1. The quantitative estimate of drug-likeness (QED) is 0.0161. The monoisotopic (exact) mass is 1810 g/mol. The van der Waals surface area contributed by atoms with E-state index in [1.54, 1.807) is 32.0 Å². The van der Waals surface area contributed by atoms with Gasteiger partial charge in [0.1, 0.15) is 84.2 Å². The van der Waals surface area contributed by atoms with Gasteiger partial charge >= 0.3 is 5.97 Å². The summed E-state index contributed by atoms with van der Waals surface area (Å²) < 4.78 is 47.3. The average Bonchev–Trinajstić information content (AvgIpc) is 0.766. The molecule has 7 heterocycles. The maximum atomic E-state index is 13.4. The van der Waals surface area contributed by atoms with E-state index >= 15 is 0 Å². The highest BCUT2D eigenvalue weighted by atomic mass is 35.5. The zero-order chi connectivity index (χ0) is 90.7. The number of carboxylic acids is 1. The van der Waals surface area contributed by atoms with Crippen molar-refractivity contribution in [2.45, 2.75) is 169 Å². The van der Waals surface area contributed by atoms with Gasteiger partial charge in [-0.15, -0.1) is 0 Å². The number of hydrogen-bond donors (Lipinski definition) is 19. The lowest BCUT2D eigenvalue weighted by Gasteiger charge is -2.49. The molecule has 125 heavy (non-hydrogen) atoms. The fourth-order valence-corrected chi connectivity index (χ4v) is 15.9. The largest absolute Gasteiger partial charge is 0.508 e. The lowest BCUT2D eigenvalue weighted by molar-refractivity contribution is -0.893. The highest BCUT2D eigenvalue weighted by molar-refractivity contribution is 6.42. The molecule has 14 rings (SSSR count). The molecule has 7 aliphatic heterocycles. The molecule has 0 saturated carbocycles. The fraction of sp³-hybridized carbons (Fsp3) is 0.419. The molecule has 35 nitrogen and oxygen atoms in total. The Morgan fingerprint density at radius 3 is 1.91 bits per heavy atom. The van der Waals surface area contributed by atoms with E-state index in [1.807, 2.05) is 71.2 Å². The lowest BCUT2D eigenvalue weighted by Crippen LogP contribution is -2.66. The smallest absolute Gasteiger partial charge is 0.333 e. The van der Waals surface area contributed by atoms with Crippen LogP contribution in [0.25, 0.3) is 11.1 Å². The third-order valence-corrected chi connectivity index (χ3v) is 23.4. The number of ether oxygens (including phenoxy) is 7. The number of likely N-dealkylation sites (N-methyl/N-ethyl adjacent to an activating group) is 3. The van der Waals surface area contributed by atoms with Crippen molar-refractivity contribution in [3.8, 4) is 62.9 Å². The second kappa shape index (κ2) is 39.2. The van der Waals surface area contributed by atoms with Gasteiger partial charge in [0.2, 0.25) is 41.5 Å². The molecule has 670 valence electrons. The van der Waals surface area contributed by atoms with E-state index < -0.39 is 225 Å². The Bertz CT molecular complexity index is 5330. The number of aliphatic carboxylic acids is 1. The van der Waals surface area contributed by atoms with Gasteiger partial charge in [0.05, 0.1) is 65.4 Å². The van der Waals surface area contributed by atoms with Gasteiger partial charge in [-0.25, -0.2) is 34.7 Å². The number of phenolic OH excluding ortho intramolecular Hbond substituents is 3. The number of nitrogens with zero attached hydrogens (tertiary/aromatic N) is 8. The molecule has 39 heteroatoms. The van der Waals surface area contributed by atoms with Crippen LogP contribution >= 0.6 is 46.4 Å². The summed E-state index contributed by atoms with van der Waals surface area (Å²) >= 11 is 26.9. The van der Waals surface area contributed by atoms with Crippen molar-refractivity contribution in [1.29, 1.82) is 5.41 Å². The molecule has 7 aliphatic rings. The topological polar surface area (TPSA) is 531 Å². The number of aliphatic hydroxyl groups is 12. The number of aliphatic hydroxyl groups excluding tert-OH is 12. The Balaban J connectivity index is 1.08. The van der Waals surface area contributed by atoms with Crippen molar-refractivity contribution in [2.75, 3.05) is 54.9 Å². The van der Waals surface area contributed by atoms with Crippen LogP contribution < -0.4 is 29.6 Å². The number of quaternary nitrogens is 1. The van der Waals surface area contributed by atoms with Gasteiger partial charge in [-0.05, 0) is 147 Å². The summed E-state index contributed by atoms with van der Waals surface area (Å²) in [5.74, 6) is -14.1. The van der Waals surface area contributed by atoms with E-state index in [0.717, 1.165) is 59.7 Å². The number of aliphatic imine (C=N–C) groups is 6. The third-order valence-electron chi connectivity index (χ3n) is 22.0. The Kier molecular flexibility index (Phi) is 29.4. The first-order chi connectivity index (χ1) is 59.1. The number of halogens is 4. The second-order valence-corrected chi connectivity index (χ2v) is 34.4. The predicted octanol–water partition coefficient (Wildman–Crippen LogP) is 11.6. The summed E-state index contributed by atoms with van der Waals surface area (Å²) in [4.78, 5) is 41.5. The highest BCUT2D eigenvalue weighted by Gasteiger charge is 2.53. The molecule has 2 saturated heterocycles. The Morgan fingerprint density at radius 2 is 1.30 bits per heavy atom. The van der Waals surface area contributed by atoms with Crippen LogP contribution in [0.15, 0.2) is 151 Å². The summed E-state index contributed by atoms with van der Waals surface area (Å²) in [7, 11) is 9.03. The summed E-state index contributed by atoms with van der Waals surface area (Å²) in [5.41, 5.74) is -2.24. The Hall–Kier alpha value is -10.4. The summed E-state index contributed by atoms with van der Waals surface area (Å²) in [6, 6.07) is 12.6. The molecule has 0 radical (unpaired) electrons. The van der Waals surface area contributed by atoms with Crippen LogP contribution in [0.5, 0.6) is 51.7 Å². The zero-order valence-corrected chi connectivity index (χ0v) is 72.1. The zero-order valence-electron chi connectivity index (χ0n) is 69.1. The van der Waals surface area contributed by atoms with Crippen LogP contribution in [0.4, 0.5) is 0 Å². The minimum atomic E-state index is -2.34. The van der Waals surface area contributed by atoms with Crippen molar-refractivity contribution in [3.05, 3.63) is 180 Å². The number of hydrogen-bond acceptors (Lipinski definition) is 26. The minimum absolute atomic E-state index is 0.0138. The van der Waals surface area contributed by atoms with E-state index in [-0.39, 0.29) is 76.2 Å². The van der Waals surface area contributed by atoms with Crippen molar-refractivity contribution in [1.82, 2.24) is 15.5 Å². The molecule has 1 unspecified atom stereocenters. The van der Waals surface area contributed by atoms with Crippen molar-refractivity contribution in [3.63, 3.8) is 0 Å². The molecule has 0 aromatic heterocycles. The van der Waals surface area contributed by atoms with Crippen LogP contribution in [-0.4, -0.2) is 272 Å². The first-order valence-corrected chi connectivity index (χ1v) is 41.3. The molecule has 2 fully saturated rings. The lowest BCUT2D eigenvalue weighted by atomic mass is 9.84. The third kappa shape index (κ3) is 21.8. The Labute approximate surface area is 738 Å². The molecular formula is C86H100Cl4N11O24+. The number of fused-ring (bicyclic) bond motifs is 12. The Morgan fingerprint density at radius 1 is 0.672 bits per heavy atom. The number of nitrogens with one attached hydrogen (secondary N) is 3. The van der Waals surface area contributed by atoms with E-state index in [0.29, 0.717) is 28.9 Å². The summed E-state index contributed by atoms with van der Waals surface area (Å²) in [6.07, 6.45) is -17.6. The van der Waals surface area contributed by atoms with Crippen LogP contribution in [0, 0.1) is 11.3 Å². The number of carboxylic acid groups (broad SMARTS) is 1. The maximum Gasteiger partial charge on any atom is 0.333 e. The van der Waals surface area contributed by atoms with Gasteiger partial charge in [-0.2, -0.15) is 0 Å². The number of aromatic hydroxyl groups is 3. The molecule has 7 aromatic rings. The molecule has 0 spiro atoms. The van der Waals surface area contributed by atoms with Gasteiger partial charge in [-0.1, -0.05) is 103 Å². The molecular weight excluding hydrogens is 1710 g/mol. The number of phenols is 3. The number of benzene rings is 7. The SMILES string of the molecule is CN[C@H](CC(C)C)C(O)=N[C@H]1C(O)=N[C@@H](CC(=N)O)C(O)=N[C@H]2C(O)=N[C@H]3C(O)=N[C@H](C(O)=N[C@H](C(=O)O)c4cc(O)cc(O)c4-c4cc3ccc4O)[C@H](O)c3ccc(c(Cl)c3)Oc3cc2cc(c3O[C@@H]2O[C@H](C[N+](C)(C)CCN(C)C)[C@@H](O)[C@H](O)[C@H]2OC2C[C@](C)(NCc3ccc(COc4ccc(Cl)c(Cl)c4)cc3)[C@H](O)[C@H](C)O2)Oc2ccc(cc2Cl)[C@H]1O. The van der Waals surface area contributed by atoms with Gasteiger partial charge in [0.15, 0.2) is 65.9 Å². The van der Waals surface area contributed by atoms with E-state index in [1.165, 1.54) is 37.4 Å². The molecule has 0 aliphatic carbocycles. The fourth-order valence-electron chi connectivity index (χ4n) is 15.2. The molecule has 7 aromatic carbocycles. The molecule has 18 atom stereocenters. The van der Waals surface area contributed by atoms with Crippen LogP contribution in [0.2, 0.25) is 20.1 Å². The summed E-state index contributed by atoms with van der Waals surface area (Å²) in [5, 5.41) is 209. The number of rotatable bonds is 23. The maximum absolute atomic E-state index is 13.4. The van der Waals surface area contributed by atoms with Crippen molar-refractivity contribution < 1.29 is 124 Å². The van der Waals surface area contributed by atoms with E-state index in [4.69, 9.17) is 85.0 Å². The normalized spacial score (nSPS) is 26.4. The van der Waals surface area contributed by atoms with Crippen LogP contribution in [0.3, 0.4) is 0 Å². The molecule has 11 bridgehead atoms. The average molecular weight is 1810 g/mol. The minimum Gasteiger partial charge on any atom is -0.508 e. The van der Waals surface area contributed by atoms with Crippen molar-refractivity contribution >= 4 is 93.7 Å². The highest BCUT2D eigenvalue weighted by Crippen LogP contribution is 2.51.